The zero-order chi connectivity index (χ0) is 16.2. The number of carbonyl (C=O) groups is 1. The summed E-state index contributed by atoms with van der Waals surface area (Å²) in [5.41, 5.74) is 8.93. The first-order valence-corrected chi connectivity index (χ1v) is 7.49. The molecular formula is C17H29N3O. The highest BCUT2D eigenvalue weighted by atomic mass is 16.1. The molecule has 0 aliphatic rings. The van der Waals surface area contributed by atoms with Gasteiger partial charge in [0.15, 0.2) is 0 Å². The quantitative estimate of drug-likeness (QED) is 0.847. The van der Waals surface area contributed by atoms with Crippen LogP contribution in [0.15, 0.2) is 18.2 Å². The van der Waals surface area contributed by atoms with Crippen molar-refractivity contribution in [1.29, 1.82) is 0 Å². The number of anilines is 1. The molecule has 0 saturated carbocycles. The topological polar surface area (TPSA) is 58.4 Å². The molecule has 0 heterocycles. The fraction of sp³-hybridized carbons (Fsp3) is 0.588. The minimum Gasteiger partial charge on any atom is -0.368 e. The first-order chi connectivity index (χ1) is 9.60. The van der Waals surface area contributed by atoms with Crippen molar-refractivity contribution in [3.8, 4) is 0 Å². The molecule has 1 rings (SSSR count). The van der Waals surface area contributed by atoms with Gasteiger partial charge < -0.3 is 16.0 Å². The standard InChI is InChI=1S/C17H29N3O/c1-12(2)20(11-16(18)21)15-8-7-13(3)9-14(15)10-19-17(4,5)6/h7-9,12,19H,10-11H2,1-6H3,(H2,18,21). The minimum atomic E-state index is -0.306. The van der Waals surface area contributed by atoms with Crippen LogP contribution >= 0.6 is 0 Å². The number of carbonyl (C=O) groups excluding carboxylic acids is 1. The lowest BCUT2D eigenvalue weighted by Crippen LogP contribution is -2.40. The van der Waals surface area contributed by atoms with E-state index in [1.165, 1.54) is 11.1 Å². The van der Waals surface area contributed by atoms with E-state index < -0.39 is 0 Å². The summed E-state index contributed by atoms with van der Waals surface area (Å²) in [6, 6.07) is 6.54. The molecule has 21 heavy (non-hydrogen) atoms. The summed E-state index contributed by atoms with van der Waals surface area (Å²) < 4.78 is 0. The molecule has 4 nitrogen and oxygen atoms in total. The van der Waals surface area contributed by atoms with Crippen molar-refractivity contribution < 1.29 is 4.79 Å². The summed E-state index contributed by atoms with van der Waals surface area (Å²) in [6.45, 7) is 13.7. The number of primary amides is 1. The number of benzene rings is 1. The lowest BCUT2D eigenvalue weighted by molar-refractivity contribution is -0.116. The first kappa shape index (κ1) is 17.5. The van der Waals surface area contributed by atoms with Gasteiger partial charge in [-0.3, -0.25) is 4.79 Å². The molecule has 4 heteroatoms. The number of aryl methyl sites for hydroxylation is 1. The van der Waals surface area contributed by atoms with Gasteiger partial charge in [-0.2, -0.15) is 0 Å². The van der Waals surface area contributed by atoms with E-state index in [0.29, 0.717) is 0 Å². The van der Waals surface area contributed by atoms with Crippen molar-refractivity contribution in [2.45, 2.75) is 59.7 Å². The SMILES string of the molecule is Cc1ccc(N(CC(N)=O)C(C)C)c(CNC(C)(C)C)c1. The normalized spacial score (nSPS) is 11.8. The van der Waals surface area contributed by atoms with Crippen LogP contribution in [0.3, 0.4) is 0 Å². The monoisotopic (exact) mass is 291 g/mol. The van der Waals surface area contributed by atoms with Crippen LogP contribution in [0.5, 0.6) is 0 Å². The molecule has 0 aliphatic carbocycles. The number of nitrogens with two attached hydrogens (primary N) is 1. The molecule has 0 saturated heterocycles. The van der Waals surface area contributed by atoms with Gasteiger partial charge in [0.25, 0.3) is 0 Å². The highest BCUT2D eigenvalue weighted by Gasteiger charge is 2.18. The van der Waals surface area contributed by atoms with Crippen LogP contribution in [0.2, 0.25) is 0 Å². The van der Waals surface area contributed by atoms with Crippen LogP contribution in [0, 0.1) is 6.92 Å². The highest BCUT2D eigenvalue weighted by molar-refractivity contribution is 5.80. The van der Waals surface area contributed by atoms with Crippen LogP contribution in [-0.4, -0.2) is 24.0 Å². The zero-order valence-corrected chi connectivity index (χ0v) is 14.2. The summed E-state index contributed by atoms with van der Waals surface area (Å²) >= 11 is 0. The fourth-order valence-electron chi connectivity index (χ4n) is 2.21. The largest absolute Gasteiger partial charge is 0.368 e. The summed E-state index contributed by atoms with van der Waals surface area (Å²) in [5.74, 6) is -0.306. The molecule has 0 aromatic heterocycles. The third-order valence-electron chi connectivity index (χ3n) is 3.30. The maximum atomic E-state index is 11.3. The molecule has 3 N–H and O–H groups in total. The third-order valence-corrected chi connectivity index (χ3v) is 3.30. The number of nitrogens with one attached hydrogen (secondary N) is 1. The number of amides is 1. The molecule has 0 radical (unpaired) electrons. The molecule has 0 unspecified atom stereocenters. The van der Waals surface area contributed by atoms with Crippen LogP contribution in [0.1, 0.15) is 45.7 Å². The Labute approximate surface area is 128 Å². The summed E-state index contributed by atoms with van der Waals surface area (Å²) in [4.78, 5) is 13.4. The van der Waals surface area contributed by atoms with E-state index in [0.717, 1.165) is 12.2 Å². The molecule has 0 atom stereocenters. The lowest BCUT2D eigenvalue weighted by Gasteiger charge is -2.31. The van der Waals surface area contributed by atoms with Crippen LogP contribution in [0.25, 0.3) is 0 Å². The van der Waals surface area contributed by atoms with Crippen molar-refractivity contribution in [3.63, 3.8) is 0 Å². The number of hydrogen-bond donors (Lipinski definition) is 2. The van der Waals surface area contributed by atoms with E-state index in [4.69, 9.17) is 5.73 Å². The summed E-state index contributed by atoms with van der Waals surface area (Å²) in [6.07, 6.45) is 0. The maximum absolute atomic E-state index is 11.3. The van der Waals surface area contributed by atoms with Crippen LogP contribution in [0.4, 0.5) is 5.69 Å². The average Bonchev–Trinajstić information content (AvgIpc) is 2.32. The zero-order valence-electron chi connectivity index (χ0n) is 14.2. The number of nitrogens with zero attached hydrogens (tertiary/aromatic N) is 1. The van der Waals surface area contributed by atoms with Gasteiger partial charge in [-0.05, 0) is 53.2 Å². The predicted molar refractivity (Wildman–Crippen MR) is 89.4 cm³/mol. The van der Waals surface area contributed by atoms with Crippen molar-refractivity contribution in [1.82, 2.24) is 5.32 Å². The molecule has 118 valence electrons. The van der Waals surface area contributed by atoms with Crippen molar-refractivity contribution in [3.05, 3.63) is 29.3 Å². The Hall–Kier alpha value is -1.55. The van der Waals surface area contributed by atoms with Gasteiger partial charge >= 0.3 is 0 Å². The molecule has 0 bridgehead atoms. The Morgan fingerprint density at radius 2 is 1.95 bits per heavy atom. The molecule has 0 spiro atoms. The second-order valence-electron chi connectivity index (χ2n) is 6.92. The lowest BCUT2D eigenvalue weighted by atomic mass is 10.0. The van der Waals surface area contributed by atoms with Gasteiger partial charge in [-0.1, -0.05) is 17.7 Å². The van der Waals surface area contributed by atoms with Gasteiger partial charge in [0.1, 0.15) is 0 Å². The molecule has 0 aliphatic heterocycles. The average molecular weight is 291 g/mol. The van der Waals surface area contributed by atoms with Gasteiger partial charge in [0.05, 0.1) is 6.54 Å². The highest BCUT2D eigenvalue weighted by Crippen LogP contribution is 2.24. The van der Waals surface area contributed by atoms with Gasteiger partial charge in [0, 0.05) is 23.8 Å². The Bertz CT molecular complexity index is 489. The first-order valence-electron chi connectivity index (χ1n) is 7.49. The van der Waals surface area contributed by atoms with E-state index in [1.807, 2.05) is 0 Å². The summed E-state index contributed by atoms with van der Waals surface area (Å²) in [5, 5.41) is 3.51. The molecular weight excluding hydrogens is 262 g/mol. The van der Waals surface area contributed by atoms with Crippen LogP contribution in [-0.2, 0) is 11.3 Å². The van der Waals surface area contributed by atoms with Gasteiger partial charge in [-0.15, -0.1) is 0 Å². The predicted octanol–water partition coefficient (Wildman–Crippen LogP) is 2.58. The number of hydrogen-bond acceptors (Lipinski definition) is 3. The molecule has 1 aromatic rings. The maximum Gasteiger partial charge on any atom is 0.236 e. The van der Waals surface area contributed by atoms with Gasteiger partial charge in [0.2, 0.25) is 5.91 Å². The van der Waals surface area contributed by atoms with Gasteiger partial charge in [-0.25, -0.2) is 0 Å². The Morgan fingerprint density at radius 1 is 1.33 bits per heavy atom. The van der Waals surface area contributed by atoms with Crippen molar-refractivity contribution >= 4 is 11.6 Å². The Morgan fingerprint density at radius 3 is 2.43 bits per heavy atom. The Balaban J connectivity index is 3.11. The van der Waals surface area contributed by atoms with E-state index in [9.17, 15) is 4.79 Å². The van der Waals surface area contributed by atoms with E-state index in [-0.39, 0.29) is 24.0 Å². The van der Waals surface area contributed by atoms with Crippen molar-refractivity contribution in [2.75, 3.05) is 11.4 Å². The Kier molecular flexibility index (Phi) is 5.78. The third kappa shape index (κ3) is 5.76. The van der Waals surface area contributed by atoms with Crippen molar-refractivity contribution in [2.24, 2.45) is 5.73 Å². The summed E-state index contributed by atoms with van der Waals surface area (Å²) in [7, 11) is 0. The smallest absolute Gasteiger partial charge is 0.236 e. The molecule has 1 amide bonds. The fourth-order valence-corrected chi connectivity index (χ4v) is 2.21. The second kappa shape index (κ2) is 6.94. The van der Waals surface area contributed by atoms with E-state index in [1.54, 1.807) is 0 Å². The van der Waals surface area contributed by atoms with Crippen LogP contribution < -0.4 is 16.0 Å². The number of rotatable bonds is 6. The molecule has 1 aromatic carbocycles. The second-order valence-corrected chi connectivity index (χ2v) is 6.92. The minimum absolute atomic E-state index is 0.0490. The van der Waals surface area contributed by atoms with E-state index >= 15 is 0 Å². The molecule has 0 fully saturated rings. The van der Waals surface area contributed by atoms with E-state index in [2.05, 4.69) is 70.0 Å².